The van der Waals surface area contributed by atoms with Crippen LogP contribution in [-0.2, 0) is 11.2 Å². The van der Waals surface area contributed by atoms with Crippen LogP contribution in [0.25, 0.3) is 10.2 Å². The van der Waals surface area contributed by atoms with Gasteiger partial charge in [0.05, 0.1) is 21.6 Å². The number of benzene rings is 1. The highest BCUT2D eigenvalue weighted by molar-refractivity contribution is 7.18. The molecule has 1 atom stereocenters. The lowest BCUT2D eigenvalue weighted by Gasteiger charge is -2.31. The molecule has 3 heterocycles. The first kappa shape index (κ1) is 14.8. The van der Waals surface area contributed by atoms with Crippen LogP contribution in [0.5, 0.6) is 0 Å². The average Bonchev–Trinajstić information content (AvgIpc) is 3.24. The van der Waals surface area contributed by atoms with Crippen molar-refractivity contribution in [3.63, 3.8) is 0 Å². The van der Waals surface area contributed by atoms with E-state index in [1.54, 1.807) is 22.7 Å². The molecule has 118 valence electrons. The summed E-state index contributed by atoms with van der Waals surface area (Å²) in [4.78, 5) is 20.5. The molecule has 0 unspecified atom stereocenters. The average molecular weight is 342 g/mol. The molecule has 3 nitrogen and oxygen atoms in total. The van der Waals surface area contributed by atoms with Crippen LogP contribution in [0.15, 0.2) is 41.8 Å². The van der Waals surface area contributed by atoms with Gasteiger partial charge >= 0.3 is 0 Å². The largest absolute Gasteiger partial charge is 0.342 e. The van der Waals surface area contributed by atoms with Crippen LogP contribution in [0.3, 0.4) is 0 Å². The van der Waals surface area contributed by atoms with Gasteiger partial charge in [0.1, 0.15) is 0 Å². The summed E-state index contributed by atoms with van der Waals surface area (Å²) in [7, 11) is 0. The molecule has 1 fully saturated rings. The third-order valence-electron chi connectivity index (χ3n) is 4.34. The maximum atomic E-state index is 12.5. The highest BCUT2D eigenvalue weighted by Crippen LogP contribution is 2.33. The zero-order valence-corrected chi connectivity index (χ0v) is 14.4. The van der Waals surface area contributed by atoms with E-state index < -0.39 is 0 Å². The maximum Gasteiger partial charge on any atom is 0.227 e. The van der Waals surface area contributed by atoms with E-state index in [1.807, 2.05) is 28.5 Å². The van der Waals surface area contributed by atoms with Gasteiger partial charge in [-0.15, -0.1) is 22.7 Å². The van der Waals surface area contributed by atoms with Crippen molar-refractivity contribution in [3.05, 3.63) is 51.7 Å². The minimum atomic E-state index is 0.248. The summed E-state index contributed by atoms with van der Waals surface area (Å²) in [5.74, 6) is 0.631. The Morgan fingerprint density at radius 1 is 1.26 bits per heavy atom. The lowest BCUT2D eigenvalue weighted by Crippen LogP contribution is -2.39. The third-order valence-corrected chi connectivity index (χ3v) is 6.41. The fourth-order valence-electron chi connectivity index (χ4n) is 3.14. The minimum Gasteiger partial charge on any atom is -0.342 e. The number of amides is 1. The fraction of sp³-hybridized carbons (Fsp3) is 0.333. The van der Waals surface area contributed by atoms with E-state index in [9.17, 15) is 4.79 Å². The van der Waals surface area contributed by atoms with Crippen LogP contribution in [0.1, 0.15) is 28.6 Å². The Labute approximate surface area is 143 Å². The Balaban J connectivity index is 1.49. The predicted molar refractivity (Wildman–Crippen MR) is 96.2 cm³/mol. The molecule has 0 N–H and O–H groups in total. The van der Waals surface area contributed by atoms with E-state index in [1.165, 1.54) is 9.71 Å². The first-order valence-corrected chi connectivity index (χ1v) is 9.65. The monoisotopic (exact) mass is 342 g/mol. The Morgan fingerprint density at radius 3 is 3.00 bits per heavy atom. The summed E-state index contributed by atoms with van der Waals surface area (Å²) < 4.78 is 1.24. The van der Waals surface area contributed by atoms with E-state index in [0.29, 0.717) is 12.3 Å². The van der Waals surface area contributed by atoms with Gasteiger partial charge in [0, 0.05) is 23.9 Å². The van der Waals surface area contributed by atoms with Gasteiger partial charge in [-0.25, -0.2) is 4.98 Å². The summed E-state index contributed by atoms with van der Waals surface area (Å²) in [5.41, 5.74) is 1.08. The predicted octanol–water partition coefficient (Wildman–Crippen LogP) is 4.31. The number of thiazole rings is 1. The first-order valence-electron chi connectivity index (χ1n) is 7.95. The lowest BCUT2D eigenvalue weighted by atomic mass is 9.98. The van der Waals surface area contributed by atoms with Crippen LogP contribution < -0.4 is 0 Å². The van der Waals surface area contributed by atoms with Gasteiger partial charge in [-0.3, -0.25) is 4.79 Å². The number of carbonyl (C=O) groups excluding carboxylic acids is 1. The van der Waals surface area contributed by atoms with Gasteiger partial charge in [-0.1, -0.05) is 18.2 Å². The number of thiophene rings is 1. The van der Waals surface area contributed by atoms with Crippen molar-refractivity contribution in [3.8, 4) is 0 Å². The van der Waals surface area contributed by atoms with E-state index in [2.05, 4.69) is 18.2 Å². The van der Waals surface area contributed by atoms with Crippen LogP contribution in [0, 0.1) is 0 Å². The number of hydrogen-bond acceptors (Lipinski definition) is 4. The minimum absolute atomic E-state index is 0.248. The number of aromatic nitrogens is 1. The fourth-order valence-corrected chi connectivity index (χ4v) is 4.93. The normalized spacial score (nSPS) is 18.4. The number of hydrogen-bond donors (Lipinski definition) is 0. The summed E-state index contributed by atoms with van der Waals surface area (Å²) in [6.07, 6.45) is 2.73. The van der Waals surface area contributed by atoms with Crippen molar-refractivity contribution in [1.29, 1.82) is 0 Å². The SMILES string of the molecule is O=C(Cc1cccs1)N1CCC[C@@H](c2nc3ccccc3s2)C1. The second-order valence-electron chi connectivity index (χ2n) is 5.95. The molecule has 3 aromatic rings. The zero-order valence-electron chi connectivity index (χ0n) is 12.8. The van der Waals surface area contributed by atoms with E-state index in [-0.39, 0.29) is 5.91 Å². The van der Waals surface area contributed by atoms with E-state index in [4.69, 9.17) is 4.98 Å². The van der Waals surface area contributed by atoms with Crippen LogP contribution in [0.4, 0.5) is 0 Å². The van der Waals surface area contributed by atoms with Gasteiger partial charge in [0.25, 0.3) is 0 Å². The van der Waals surface area contributed by atoms with Crippen LogP contribution in [-0.4, -0.2) is 28.9 Å². The number of likely N-dealkylation sites (tertiary alicyclic amines) is 1. The topological polar surface area (TPSA) is 33.2 Å². The molecule has 2 aromatic heterocycles. The van der Waals surface area contributed by atoms with Crippen molar-refractivity contribution < 1.29 is 4.79 Å². The molecule has 5 heteroatoms. The van der Waals surface area contributed by atoms with E-state index >= 15 is 0 Å². The van der Waals surface area contributed by atoms with Gasteiger partial charge < -0.3 is 4.90 Å². The summed E-state index contributed by atoms with van der Waals surface area (Å²) in [6.45, 7) is 1.69. The molecule has 0 aliphatic carbocycles. The number of piperidine rings is 1. The summed E-state index contributed by atoms with van der Waals surface area (Å²) in [6, 6.07) is 12.3. The molecular formula is C18H18N2OS2. The smallest absolute Gasteiger partial charge is 0.227 e. The number of para-hydroxylation sites is 1. The van der Waals surface area contributed by atoms with Crippen molar-refractivity contribution in [2.45, 2.75) is 25.2 Å². The standard InChI is InChI=1S/C18H18N2OS2/c21-17(11-14-6-4-10-22-14)20-9-3-5-13(12-20)18-19-15-7-1-2-8-16(15)23-18/h1-2,4,6-8,10,13H,3,5,9,11-12H2/t13-/m1/s1. The summed E-state index contributed by atoms with van der Waals surface area (Å²) in [5, 5.41) is 3.21. The molecule has 1 aromatic carbocycles. The van der Waals surface area contributed by atoms with E-state index in [0.717, 1.165) is 36.3 Å². The first-order chi connectivity index (χ1) is 11.3. The zero-order chi connectivity index (χ0) is 15.6. The Hall–Kier alpha value is -1.72. The molecule has 0 radical (unpaired) electrons. The highest BCUT2D eigenvalue weighted by atomic mass is 32.1. The van der Waals surface area contributed by atoms with Gasteiger partial charge in [-0.05, 0) is 36.4 Å². The Bertz CT molecular complexity index is 776. The van der Waals surface area contributed by atoms with Gasteiger partial charge in [0.15, 0.2) is 0 Å². The molecule has 1 aliphatic rings. The Morgan fingerprint density at radius 2 is 2.17 bits per heavy atom. The Kier molecular flexibility index (Phi) is 4.14. The second kappa shape index (κ2) is 6.42. The summed E-state index contributed by atoms with van der Waals surface area (Å²) >= 11 is 3.43. The number of carbonyl (C=O) groups is 1. The van der Waals surface area contributed by atoms with Gasteiger partial charge in [0.2, 0.25) is 5.91 Å². The molecule has 0 spiro atoms. The molecule has 1 amide bonds. The van der Waals surface area contributed by atoms with Crippen LogP contribution in [0.2, 0.25) is 0 Å². The molecule has 1 aliphatic heterocycles. The van der Waals surface area contributed by atoms with Crippen molar-refractivity contribution in [2.24, 2.45) is 0 Å². The molecule has 0 bridgehead atoms. The lowest BCUT2D eigenvalue weighted by molar-refractivity contribution is -0.131. The van der Waals surface area contributed by atoms with Crippen LogP contribution >= 0.6 is 22.7 Å². The van der Waals surface area contributed by atoms with Gasteiger partial charge in [-0.2, -0.15) is 0 Å². The molecule has 4 rings (SSSR count). The quantitative estimate of drug-likeness (QED) is 0.711. The third kappa shape index (κ3) is 3.16. The van der Waals surface area contributed by atoms with Crippen molar-refractivity contribution >= 4 is 38.8 Å². The second-order valence-corrected chi connectivity index (χ2v) is 8.05. The maximum absolute atomic E-state index is 12.5. The molecular weight excluding hydrogens is 324 g/mol. The number of nitrogens with zero attached hydrogens (tertiary/aromatic N) is 2. The molecule has 0 saturated carbocycles. The number of fused-ring (bicyclic) bond motifs is 1. The van der Waals surface area contributed by atoms with Crippen molar-refractivity contribution in [1.82, 2.24) is 9.88 Å². The molecule has 1 saturated heterocycles. The highest BCUT2D eigenvalue weighted by Gasteiger charge is 2.26. The molecule has 23 heavy (non-hydrogen) atoms. The number of rotatable bonds is 3. The van der Waals surface area contributed by atoms with Crippen molar-refractivity contribution in [2.75, 3.05) is 13.1 Å².